The minimum Gasteiger partial charge on any atom is -0.392 e. The summed E-state index contributed by atoms with van der Waals surface area (Å²) in [7, 11) is 4.19. The minimum atomic E-state index is -0.153. The van der Waals surface area contributed by atoms with Gasteiger partial charge in [0.25, 0.3) is 0 Å². The first kappa shape index (κ1) is 17.2. The summed E-state index contributed by atoms with van der Waals surface area (Å²) in [5.74, 6) is 0.508. The van der Waals surface area contributed by atoms with Crippen molar-refractivity contribution in [1.82, 2.24) is 14.8 Å². The van der Waals surface area contributed by atoms with Crippen molar-refractivity contribution in [1.29, 1.82) is 0 Å². The third kappa shape index (κ3) is 5.49. The number of hydrogen-bond donors (Lipinski definition) is 1. The maximum Gasteiger partial charge on any atom is 0.0928 e. The van der Waals surface area contributed by atoms with Crippen molar-refractivity contribution >= 4 is 22.9 Å². The first-order chi connectivity index (χ1) is 10.1. The van der Waals surface area contributed by atoms with Crippen LogP contribution in [-0.4, -0.2) is 65.8 Å². The Morgan fingerprint density at radius 2 is 2.29 bits per heavy atom. The molecule has 0 aromatic carbocycles. The Morgan fingerprint density at radius 1 is 1.48 bits per heavy atom. The van der Waals surface area contributed by atoms with Gasteiger partial charge < -0.3 is 10.0 Å². The Hall–Kier alpha value is -0.200. The zero-order valence-corrected chi connectivity index (χ0v) is 14.5. The summed E-state index contributed by atoms with van der Waals surface area (Å²) < 4.78 is 0. The Balaban J connectivity index is 1.69. The number of rotatable bonds is 8. The van der Waals surface area contributed by atoms with Gasteiger partial charge in [-0.1, -0.05) is 0 Å². The summed E-state index contributed by atoms with van der Waals surface area (Å²) in [6.45, 7) is 2.93. The molecule has 0 saturated carbocycles. The van der Waals surface area contributed by atoms with Crippen LogP contribution < -0.4 is 0 Å². The number of likely N-dealkylation sites (tertiary alicyclic amines) is 1. The van der Waals surface area contributed by atoms with E-state index in [1.807, 2.05) is 5.38 Å². The molecule has 0 aliphatic carbocycles. The van der Waals surface area contributed by atoms with Crippen molar-refractivity contribution in [2.45, 2.75) is 43.7 Å². The van der Waals surface area contributed by atoms with Crippen molar-refractivity contribution in [2.24, 2.45) is 0 Å². The lowest BCUT2D eigenvalue weighted by atomic mass is 10.2. The van der Waals surface area contributed by atoms with Gasteiger partial charge >= 0.3 is 0 Å². The lowest BCUT2D eigenvalue weighted by molar-refractivity contribution is 0.171. The minimum absolute atomic E-state index is 0.153. The van der Waals surface area contributed by atoms with Crippen LogP contribution >= 0.6 is 22.9 Å². The summed E-state index contributed by atoms with van der Waals surface area (Å²) in [6, 6.07) is 0.498. The van der Waals surface area contributed by atoms with E-state index in [-0.39, 0.29) is 6.10 Å². The number of aliphatic hydroxyl groups is 1. The molecule has 21 heavy (non-hydrogen) atoms. The Bertz CT molecular complexity index is 427. The van der Waals surface area contributed by atoms with E-state index in [1.165, 1.54) is 5.01 Å². The first-order valence-corrected chi connectivity index (χ1v) is 9.06. The number of aromatic nitrogens is 1. The average molecular weight is 332 g/mol. The van der Waals surface area contributed by atoms with Crippen LogP contribution in [0.2, 0.25) is 0 Å². The highest BCUT2D eigenvalue weighted by molar-refractivity contribution is 7.09. The molecule has 2 atom stereocenters. The number of thiazole rings is 1. The van der Waals surface area contributed by atoms with Crippen molar-refractivity contribution in [3.8, 4) is 0 Å². The van der Waals surface area contributed by atoms with Crippen LogP contribution in [0, 0.1) is 0 Å². The monoisotopic (exact) mass is 331 g/mol. The van der Waals surface area contributed by atoms with Gasteiger partial charge in [0.1, 0.15) is 0 Å². The molecular weight excluding hydrogens is 306 g/mol. The van der Waals surface area contributed by atoms with Gasteiger partial charge in [0.15, 0.2) is 0 Å². The standard InChI is InChI=1S/C15H26ClN3OS/c1-18(2)9-13-7-14(20)10-19(13)6-4-3-5-15-17-12(8-16)11-21-15/h11,13-14,20H,3-10H2,1-2H3. The third-order valence-corrected chi connectivity index (χ3v) is 5.14. The Labute approximate surface area is 136 Å². The molecule has 2 unspecified atom stereocenters. The fourth-order valence-corrected chi connectivity index (χ4v) is 4.03. The molecule has 1 saturated heterocycles. The number of alkyl halides is 1. The van der Waals surface area contributed by atoms with E-state index in [0.717, 1.165) is 51.0 Å². The number of aryl methyl sites for hydroxylation is 1. The summed E-state index contributed by atoms with van der Waals surface area (Å²) in [5, 5.41) is 13.1. The van der Waals surface area contributed by atoms with Crippen molar-refractivity contribution in [3.05, 3.63) is 16.1 Å². The van der Waals surface area contributed by atoms with E-state index in [0.29, 0.717) is 11.9 Å². The quantitative estimate of drug-likeness (QED) is 0.585. The Kier molecular flexibility index (Phi) is 6.89. The SMILES string of the molecule is CN(C)CC1CC(O)CN1CCCCc1nc(CCl)cs1. The number of hydrogen-bond acceptors (Lipinski definition) is 5. The number of aliphatic hydroxyl groups excluding tert-OH is 1. The molecule has 4 nitrogen and oxygen atoms in total. The molecule has 0 spiro atoms. The van der Waals surface area contributed by atoms with Crippen LogP contribution in [0.4, 0.5) is 0 Å². The summed E-state index contributed by atoms with van der Waals surface area (Å²) in [4.78, 5) is 9.14. The van der Waals surface area contributed by atoms with Crippen LogP contribution in [0.5, 0.6) is 0 Å². The number of likely N-dealkylation sites (N-methyl/N-ethyl adjacent to an activating group) is 1. The molecule has 0 bridgehead atoms. The largest absolute Gasteiger partial charge is 0.392 e. The number of β-amino-alcohol motifs (C(OH)–C–C–N with tert-alkyl or cyclic N) is 1. The summed E-state index contributed by atoms with van der Waals surface area (Å²) in [5.41, 5.74) is 0.991. The van der Waals surface area contributed by atoms with Gasteiger partial charge in [0.05, 0.1) is 22.7 Å². The molecule has 1 aromatic rings. The smallest absolute Gasteiger partial charge is 0.0928 e. The highest BCUT2D eigenvalue weighted by Crippen LogP contribution is 2.20. The van der Waals surface area contributed by atoms with Crippen LogP contribution in [0.25, 0.3) is 0 Å². The second kappa shape index (κ2) is 8.44. The summed E-state index contributed by atoms with van der Waals surface area (Å²) >= 11 is 7.48. The molecular formula is C15H26ClN3OS. The van der Waals surface area contributed by atoms with Crippen LogP contribution in [-0.2, 0) is 12.3 Å². The molecule has 1 aromatic heterocycles. The first-order valence-electron chi connectivity index (χ1n) is 7.64. The lowest BCUT2D eigenvalue weighted by Crippen LogP contribution is -2.38. The van der Waals surface area contributed by atoms with Crippen molar-refractivity contribution in [3.63, 3.8) is 0 Å². The number of unbranched alkanes of at least 4 members (excludes halogenated alkanes) is 1. The maximum atomic E-state index is 9.87. The zero-order chi connectivity index (χ0) is 15.2. The van der Waals surface area contributed by atoms with Crippen molar-refractivity contribution < 1.29 is 5.11 Å². The van der Waals surface area contributed by atoms with Gasteiger partial charge in [-0.05, 0) is 46.3 Å². The van der Waals surface area contributed by atoms with Gasteiger partial charge in [-0.25, -0.2) is 4.98 Å². The molecule has 1 N–H and O–H groups in total. The molecule has 120 valence electrons. The van der Waals surface area contributed by atoms with E-state index in [2.05, 4.69) is 28.9 Å². The molecule has 2 rings (SSSR count). The van der Waals surface area contributed by atoms with Gasteiger partial charge in [-0.3, -0.25) is 4.90 Å². The van der Waals surface area contributed by atoms with Gasteiger partial charge in [-0.2, -0.15) is 0 Å². The fourth-order valence-electron chi connectivity index (χ4n) is 2.96. The van der Waals surface area contributed by atoms with Crippen LogP contribution in [0.1, 0.15) is 30.0 Å². The van der Waals surface area contributed by atoms with Crippen LogP contribution in [0.3, 0.4) is 0 Å². The molecule has 1 aliphatic rings. The predicted molar refractivity (Wildman–Crippen MR) is 89.1 cm³/mol. The number of halogens is 1. The topological polar surface area (TPSA) is 39.6 Å². The van der Waals surface area contributed by atoms with E-state index in [1.54, 1.807) is 11.3 Å². The summed E-state index contributed by atoms with van der Waals surface area (Å²) in [6.07, 6.45) is 4.10. The van der Waals surface area contributed by atoms with Gasteiger partial charge in [0, 0.05) is 24.5 Å². The molecule has 0 amide bonds. The van der Waals surface area contributed by atoms with E-state index in [9.17, 15) is 5.11 Å². The highest BCUT2D eigenvalue weighted by Gasteiger charge is 2.30. The lowest BCUT2D eigenvalue weighted by Gasteiger charge is -2.26. The van der Waals surface area contributed by atoms with E-state index in [4.69, 9.17) is 11.6 Å². The predicted octanol–water partition coefficient (Wildman–Crippen LogP) is 2.20. The van der Waals surface area contributed by atoms with E-state index >= 15 is 0 Å². The second-order valence-electron chi connectivity index (χ2n) is 6.12. The molecule has 1 aliphatic heterocycles. The van der Waals surface area contributed by atoms with Crippen LogP contribution in [0.15, 0.2) is 5.38 Å². The maximum absolute atomic E-state index is 9.87. The van der Waals surface area contributed by atoms with E-state index < -0.39 is 0 Å². The normalized spacial score (nSPS) is 23.3. The second-order valence-corrected chi connectivity index (χ2v) is 7.33. The highest BCUT2D eigenvalue weighted by atomic mass is 35.5. The van der Waals surface area contributed by atoms with Crippen molar-refractivity contribution in [2.75, 3.05) is 33.7 Å². The Morgan fingerprint density at radius 3 is 2.95 bits per heavy atom. The molecule has 2 heterocycles. The van der Waals surface area contributed by atoms with Gasteiger partial charge in [0.2, 0.25) is 0 Å². The average Bonchev–Trinajstić information content (AvgIpc) is 3.01. The molecule has 0 radical (unpaired) electrons. The molecule has 6 heteroatoms. The third-order valence-electron chi connectivity index (χ3n) is 3.90. The number of nitrogens with zero attached hydrogens (tertiary/aromatic N) is 3. The van der Waals surface area contributed by atoms with Gasteiger partial charge in [-0.15, -0.1) is 22.9 Å². The zero-order valence-electron chi connectivity index (χ0n) is 13.0. The molecule has 1 fully saturated rings. The fraction of sp³-hybridized carbons (Fsp3) is 0.800.